The molecule has 1 atom stereocenters. The Balaban J connectivity index is 1.34. The topological polar surface area (TPSA) is 50.1 Å². The number of anilines is 1. The summed E-state index contributed by atoms with van der Waals surface area (Å²) in [5.74, 6) is 0.125. The van der Waals surface area contributed by atoms with Crippen molar-refractivity contribution in [3.8, 4) is 5.75 Å². The van der Waals surface area contributed by atoms with Crippen molar-refractivity contribution in [3.05, 3.63) is 59.9 Å². The molecule has 3 aromatic rings. The standard InChI is InChI=1S/C23H26N4O2/c1-2-8-25-10-12-26(13-11-25)18-7-6-17-14-20(23(28)29-22(17)16-18)21-15-19-5-3-4-9-27(19)24-21/h3-7,9,15-16,20H,2,8,10-14H2,1H3. The van der Waals surface area contributed by atoms with Crippen molar-refractivity contribution in [3.63, 3.8) is 0 Å². The van der Waals surface area contributed by atoms with Crippen LogP contribution in [0.4, 0.5) is 5.69 Å². The average Bonchev–Trinajstić information content (AvgIpc) is 3.17. The molecule has 0 amide bonds. The average molecular weight is 390 g/mol. The molecule has 0 bridgehead atoms. The summed E-state index contributed by atoms with van der Waals surface area (Å²) in [6.45, 7) is 7.58. The van der Waals surface area contributed by atoms with Crippen molar-refractivity contribution >= 4 is 17.2 Å². The van der Waals surface area contributed by atoms with Gasteiger partial charge in [0.15, 0.2) is 0 Å². The number of hydrogen-bond donors (Lipinski definition) is 0. The van der Waals surface area contributed by atoms with Gasteiger partial charge >= 0.3 is 5.97 Å². The van der Waals surface area contributed by atoms with Gasteiger partial charge in [-0.3, -0.25) is 9.69 Å². The fourth-order valence-corrected chi connectivity index (χ4v) is 4.39. The van der Waals surface area contributed by atoms with E-state index in [1.54, 1.807) is 4.52 Å². The van der Waals surface area contributed by atoms with Crippen LogP contribution in [-0.4, -0.2) is 53.2 Å². The Bertz CT molecular complexity index is 1000. The second-order valence-corrected chi connectivity index (χ2v) is 7.94. The lowest BCUT2D eigenvalue weighted by Gasteiger charge is -2.36. The minimum atomic E-state index is -0.356. The third-order valence-electron chi connectivity index (χ3n) is 5.99. The van der Waals surface area contributed by atoms with Gasteiger partial charge in [-0.25, -0.2) is 4.52 Å². The minimum absolute atomic E-state index is 0.217. The predicted molar refractivity (Wildman–Crippen MR) is 113 cm³/mol. The molecule has 1 aromatic carbocycles. The number of carbonyl (C=O) groups excluding carboxylic acids is 1. The molecule has 1 unspecified atom stereocenters. The van der Waals surface area contributed by atoms with Crippen molar-refractivity contribution in [1.29, 1.82) is 0 Å². The van der Waals surface area contributed by atoms with Crippen LogP contribution in [0.3, 0.4) is 0 Å². The Hall–Kier alpha value is -2.86. The second kappa shape index (κ2) is 7.52. The molecule has 0 aliphatic carbocycles. The van der Waals surface area contributed by atoms with E-state index in [0.29, 0.717) is 12.2 Å². The fourth-order valence-electron chi connectivity index (χ4n) is 4.39. The molecule has 2 aliphatic rings. The summed E-state index contributed by atoms with van der Waals surface area (Å²) in [6, 6.07) is 14.2. The van der Waals surface area contributed by atoms with Crippen LogP contribution in [0.15, 0.2) is 48.7 Å². The maximum atomic E-state index is 12.7. The molecule has 1 fully saturated rings. The van der Waals surface area contributed by atoms with Crippen molar-refractivity contribution in [1.82, 2.24) is 14.5 Å². The van der Waals surface area contributed by atoms with Gasteiger partial charge in [0.2, 0.25) is 0 Å². The van der Waals surface area contributed by atoms with Crippen LogP contribution in [0.1, 0.15) is 30.5 Å². The lowest BCUT2D eigenvalue weighted by molar-refractivity contribution is -0.137. The van der Waals surface area contributed by atoms with E-state index in [-0.39, 0.29) is 11.9 Å². The summed E-state index contributed by atoms with van der Waals surface area (Å²) in [4.78, 5) is 17.6. The van der Waals surface area contributed by atoms with Crippen LogP contribution in [0, 0.1) is 0 Å². The van der Waals surface area contributed by atoms with E-state index < -0.39 is 0 Å². The lowest BCUT2D eigenvalue weighted by atomic mass is 9.93. The summed E-state index contributed by atoms with van der Waals surface area (Å²) in [5, 5.41) is 4.58. The van der Waals surface area contributed by atoms with Crippen molar-refractivity contribution in [2.75, 3.05) is 37.6 Å². The third kappa shape index (κ3) is 3.49. The van der Waals surface area contributed by atoms with Crippen LogP contribution in [0.25, 0.3) is 5.52 Å². The maximum Gasteiger partial charge on any atom is 0.320 e. The molecule has 29 heavy (non-hydrogen) atoms. The number of nitrogens with zero attached hydrogens (tertiary/aromatic N) is 4. The number of rotatable bonds is 4. The minimum Gasteiger partial charge on any atom is -0.426 e. The largest absolute Gasteiger partial charge is 0.426 e. The Morgan fingerprint density at radius 1 is 1.10 bits per heavy atom. The van der Waals surface area contributed by atoms with E-state index in [9.17, 15) is 4.79 Å². The number of piperazine rings is 1. The Kier molecular flexibility index (Phi) is 4.72. The van der Waals surface area contributed by atoms with E-state index in [0.717, 1.165) is 48.6 Å². The highest BCUT2D eigenvalue weighted by molar-refractivity contribution is 5.83. The highest BCUT2D eigenvalue weighted by atomic mass is 16.5. The van der Waals surface area contributed by atoms with Crippen LogP contribution in [0.2, 0.25) is 0 Å². The SMILES string of the molecule is CCCN1CCN(c2ccc3c(c2)OC(=O)C(c2cc4ccccn4n2)C3)CC1. The van der Waals surface area contributed by atoms with Gasteiger partial charge in [-0.05, 0) is 49.2 Å². The van der Waals surface area contributed by atoms with Crippen molar-refractivity contribution < 1.29 is 9.53 Å². The molecule has 0 spiro atoms. The zero-order chi connectivity index (χ0) is 19.8. The first-order valence-corrected chi connectivity index (χ1v) is 10.5. The number of esters is 1. The highest BCUT2D eigenvalue weighted by Crippen LogP contribution is 2.36. The van der Waals surface area contributed by atoms with Gasteiger partial charge < -0.3 is 9.64 Å². The third-order valence-corrected chi connectivity index (χ3v) is 5.99. The number of benzene rings is 1. The molecule has 6 heteroatoms. The summed E-state index contributed by atoms with van der Waals surface area (Å²) in [5.41, 5.74) is 3.96. The summed E-state index contributed by atoms with van der Waals surface area (Å²) >= 11 is 0. The maximum absolute atomic E-state index is 12.7. The molecule has 1 saturated heterocycles. The summed E-state index contributed by atoms with van der Waals surface area (Å²) < 4.78 is 7.57. The van der Waals surface area contributed by atoms with Gasteiger partial charge in [-0.2, -0.15) is 5.10 Å². The molecule has 0 saturated carbocycles. The first-order valence-electron chi connectivity index (χ1n) is 10.5. The van der Waals surface area contributed by atoms with Crippen LogP contribution in [-0.2, 0) is 11.2 Å². The Labute approximate surface area is 170 Å². The van der Waals surface area contributed by atoms with E-state index in [1.165, 1.54) is 13.0 Å². The monoisotopic (exact) mass is 390 g/mol. The van der Waals surface area contributed by atoms with Crippen LogP contribution >= 0.6 is 0 Å². The molecule has 150 valence electrons. The molecule has 5 rings (SSSR count). The first kappa shape index (κ1) is 18.2. The van der Waals surface area contributed by atoms with Crippen LogP contribution < -0.4 is 9.64 Å². The van der Waals surface area contributed by atoms with Gasteiger partial charge in [-0.15, -0.1) is 0 Å². The van der Waals surface area contributed by atoms with E-state index in [1.807, 2.05) is 36.5 Å². The number of carbonyl (C=O) groups is 1. The summed E-state index contributed by atoms with van der Waals surface area (Å²) in [7, 11) is 0. The molecular weight excluding hydrogens is 364 g/mol. The van der Waals surface area contributed by atoms with Gasteiger partial charge in [0.1, 0.15) is 11.7 Å². The fraction of sp³-hybridized carbons (Fsp3) is 0.391. The zero-order valence-electron chi connectivity index (χ0n) is 16.8. The quantitative estimate of drug-likeness (QED) is 0.506. The van der Waals surface area contributed by atoms with Gasteiger partial charge in [0.25, 0.3) is 0 Å². The number of pyridine rings is 1. The van der Waals surface area contributed by atoms with Crippen molar-refractivity contribution in [2.24, 2.45) is 0 Å². The van der Waals surface area contributed by atoms with Gasteiger partial charge in [0.05, 0.1) is 11.2 Å². The van der Waals surface area contributed by atoms with Gasteiger partial charge in [0, 0.05) is 44.1 Å². The van der Waals surface area contributed by atoms with E-state index in [2.05, 4.69) is 34.0 Å². The van der Waals surface area contributed by atoms with E-state index >= 15 is 0 Å². The number of fused-ring (bicyclic) bond motifs is 2. The molecule has 0 N–H and O–H groups in total. The number of aromatic nitrogens is 2. The normalized spacial score (nSPS) is 20.0. The van der Waals surface area contributed by atoms with E-state index in [4.69, 9.17) is 4.74 Å². The molecule has 0 radical (unpaired) electrons. The summed E-state index contributed by atoms with van der Waals surface area (Å²) in [6.07, 6.45) is 3.72. The highest BCUT2D eigenvalue weighted by Gasteiger charge is 2.32. The number of hydrogen-bond acceptors (Lipinski definition) is 5. The van der Waals surface area contributed by atoms with Crippen LogP contribution in [0.5, 0.6) is 5.75 Å². The van der Waals surface area contributed by atoms with Crippen molar-refractivity contribution in [2.45, 2.75) is 25.7 Å². The second-order valence-electron chi connectivity index (χ2n) is 7.94. The molecule has 2 aliphatic heterocycles. The molecule has 6 nitrogen and oxygen atoms in total. The van der Waals surface area contributed by atoms with Gasteiger partial charge in [-0.1, -0.05) is 19.1 Å². The molecule has 2 aromatic heterocycles. The Morgan fingerprint density at radius 2 is 1.97 bits per heavy atom. The zero-order valence-corrected chi connectivity index (χ0v) is 16.8. The lowest BCUT2D eigenvalue weighted by Crippen LogP contribution is -2.46. The molecule has 4 heterocycles. The first-order chi connectivity index (χ1) is 14.2. The molecular formula is C23H26N4O2. The smallest absolute Gasteiger partial charge is 0.320 e. The number of ether oxygens (including phenoxy) is 1. The Morgan fingerprint density at radius 3 is 2.76 bits per heavy atom. The predicted octanol–water partition coefficient (Wildman–Crippen LogP) is 3.11.